The molecule has 3 rings (SSSR count). The molecule has 0 N–H and O–H groups in total. The molecule has 2 aromatic rings. The summed E-state index contributed by atoms with van der Waals surface area (Å²) in [5, 5.41) is 11.2. The normalized spacial score (nSPS) is 18.0. The van der Waals surface area contributed by atoms with Crippen LogP contribution < -0.4 is 5.01 Å². The lowest BCUT2D eigenvalue weighted by Gasteiger charge is -2.22. The van der Waals surface area contributed by atoms with Crippen LogP contribution in [0.2, 0.25) is 10.0 Å². The second-order valence-electron chi connectivity index (χ2n) is 4.19. The van der Waals surface area contributed by atoms with E-state index >= 15 is 0 Å². The standard InChI is InChI=1S/C13H10Cl2N4/c14-10-4-11(15)6-12(5-10)19-13(8-17-18-19)9-2-1-3-16-7-9/h1-7,13H,8H2. The molecule has 0 radical (unpaired) electrons. The molecule has 1 aliphatic heterocycles. The van der Waals surface area contributed by atoms with E-state index in [1.807, 2.05) is 35.5 Å². The predicted octanol–water partition coefficient (Wildman–Crippen LogP) is 4.32. The minimum Gasteiger partial charge on any atom is -0.264 e. The predicted molar refractivity (Wildman–Crippen MR) is 75.6 cm³/mol. The fourth-order valence-electron chi connectivity index (χ4n) is 2.04. The van der Waals surface area contributed by atoms with Crippen molar-refractivity contribution in [2.75, 3.05) is 11.6 Å². The van der Waals surface area contributed by atoms with Crippen molar-refractivity contribution in [3.05, 3.63) is 58.3 Å². The molecule has 2 heterocycles. The van der Waals surface area contributed by atoms with Crippen molar-refractivity contribution in [3.8, 4) is 0 Å². The molecule has 0 amide bonds. The number of hydrogen-bond donors (Lipinski definition) is 0. The van der Waals surface area contributed by atoms with Gasteiger partial charge in [-0.05, 0) is 29.8 Å². The van der Waals surface area contributed by atoms with Gasteiger partial charge in [0.15, 0.2) is 0 Å². The third-order valence-corrected chi connectivity index (χ3v) is 3.33. The molecule has 0 saturated heterocycles. The molecule has 4 nitrogen and oxygen atoms in total. The average Bonchev–Trinajstić information content (AvgIpc) is 2.88. The number of anilines is 1. The van der Waals surface area contributed by atoms with Gasteiger partial charge in [-0.25, -0.2) is 5.01 Å². The zero-order valence-electron chi connectivity index (χ0n) is 9.87. The third kappa shape index (κ3) is 2.55. The van der Waals surface area contributed by atoms with Crippen LogP contribution in [-0.2, 0) is 0 Å². The van der Waals surface area contributed by atoms with Crippen LogP contribution in [0.15, 0.2) is 53.1 Å². The molecule has 0 aliphatic carbocycles. The van der Waals surface area contributed by atoms with Crippen molar-refractivity contribution >= 4 is 28.9 Å². The Balaban J connectivity index is 1.97. The van der Waals surface area contributed by atoms with E-state index in [1.54, 1.807) is 12.3 Å². The number of rotatable bonds is 2. The number of halogens is 2. The molecule has 1 aliphatic rings. The summed E-state index contributed by atoms with van der Waals surface area (Å²) in [5.74, 6) is 0. The van der Waals surface area contributed by atoms with Crippen molar-refractivity contribution in [1.82, 2.24) is 4.98 Å². The molecule has 0 spiro atoms. The molecule has 0 saturated carbocycles. The SMILES string of the molecule is Clc1cc(Cl)cc(N2N=NCC2c2cccnc2)c1. The largest absolute Gasteiger partial charge is 0.264 e. The quantitative estimate of drug-likeness (QED) is 0.827. The fraction of sp³-hybridized carbons (Fsp3) is 0.154. The minimum atomic E-state index is 0.0308. The Hall–Kier alpha value is -1.65. The highest BCUT2D eigenvalue weighted by atomic mass is 35.5. The van der Waals surface area contributed by atoms with Gasteiger partial charge in [-0.15, -0.1) is 0 Å². The maximum Gasteiger partial charge on any atom is 0.102 e. The average molecular weight is 293 g/mol. The van der Waals surface area contributed by atoms with Gasteiger partial charge in [0.2, 0.25) is 0 Å². The molecule has 96 valence electrons. The van der Waals surface area contributed by atoms with Crippen LogP contribution >= 0.6 is 23.2 Å². The zero-order valence-corrected chi connectivity index (χ0v) is 11.4. The summed E-state index contributed by atoms with van der Waals surface area (Å²) in [6.45, 7) is 0.593. The van der Waals surface area contributed by atoms with Crippen molar-refractivity contribution in [3.63, 3.8) is 0 Å². The van der Waals surface area contributed by atoms with E-state index in [1.165, 1.54) is 0 Å². The van der Waals surface area contributed by atoms with Crippen LogP contribution in [0, 0.1) is 0 Å². The maximum atomic E-state index is 6.03. The molecule has 19 heavy (non-hydrogen) atoms. The summed E-state index contributed by atoms with van der Waals surface area (Å²) in [6, 6.07) is 9.27. The van der Waals surface area contributed by atoms with E-state index in [0.29, 0.717) is 16.6 Å². The first-order valence-electron chi connectivity index (χ1n) is 5.77. The lowest BCUT2D eigenvalue weighted by Crippen LogP contribution is -2.20. The highest BCUT2D eigenvalue weighted by Gasteiger charge is 2.26. The molecule has 1 aromatic heterocycles. The number of aromatic nitrogens is 1. The van der Waals surface area contributed by atoms with Crippen LogP contribution in [-0.4, -0.2) is 11.5 Å². The lowest BCUT2D eigenvalue weighted by atomic mass is 10.1. The molecule has 1 aromatic carbocycles. The van der Waals surface area contributed by atoms with E-state index < -0.39 is 0 Å². The molecule has 0 fully saturated rings. The van der Waals surface area contributed by atoms with Crippen LogP contribution in [0.4, 0.5) is 5.69 Å². The number of nitrogens with zero attached hydrogens (tertiary/aromatic N) is 4. The smallest absolute Gasteiger partial charge is 0.102 e. The van der Waals surface area contributed by atoms with Crippen molar-refractivity contribution in [2.24, 2.45) is 10.3 Å². The van der Waals surface area contributed by atoms with E-state index in [4.69, 9.17) is 23.2 Å². The number of benzene rings is 1. The molecular formula is C13H10Cl2N4. The summed E-state index contributed by atoms with van der Waals surface area (Å²) >= 11 is 12.1. The van der Waals surface area contributed by atoms with Crippen molar-refractivity contribution in [2.45, 2.75) is 6.04 Å². The second-order valence-corrected chi connectivity index (χ2v) is 5.06. The fourth-order valence-corrected chi connectivity index (χ4v) is 2.56. The van der Waals surface area contributed by atoms with E-state index in [0.717, 1.165) is 11.3 Å². The summed E-state index contributed by atoms with van der Waals surface area (Å²) in [5.41, 5.74) is 1.89. The molecule has 0 bridgehead atoms. The second kappa shape index (κ2) is 5.15. The van der Waals surface area contributed by atoms with E-state index in [9.17, 15) is 0 Å². The first-order chi connectivity index (χ1) is 9.24. The molecular weight excluding hydrogens is 283 g/mol. The minimum absolute atomic E-state index is 0.0308. The van der Waals surface area contributed by atoms with Crippen LogP contribution in [0.1, 0.15) is 11.6 Å². The van der Waals surface area contributed by atoms with Gasteiger partial charge in [-0.3, -0.25) is 4.98 Å². The van der Waals surface area contributed by atoms with Gasteiger partial charge >= 0.3 is 0 Å². The van der Waals surface area contributed by atoms with Gasteiger partial charge in [0.05, 0.1) is 12.2 Å². The van der Waals surface area contributed by atoms with Gasteiger partial charge in [0, 0.05) is 22.4 Å². The van der Waals surface area contributed by atoms with E-state index in [-0.39, 0.29) is 6.04 Å². The summed E-state index contributed by atoms with van der Waals surface area (Å²) in [4.78, 5) is 4.13. The summed E-state index contributed by atoms with van der Waals surface area (Å²) in [7, 11) is 0. The highest BCUT2D eigenvalue weighted by molar-refractivity contribution is 6.35. The number of pyridine rings is 1. The Morgan fingerprint density at radius 1 is 1.16 bits per heavy atom. The lowest BCUT2D eigenvalue weighted by molar-refractivity contribution is 0.728. The number of hydrogen-bond acceptors (Lipinski definition) is 4. The summed E-state index contributed by atoms with van der Waals surface area (Å²) < 4.78 is 0. The Morgan fingerprint density at radius 2 is 1.95 bits per heavy atom. The Bertz CT molecular complexity index is 595. The zero-order chi connectivity index (χ0) is 13.2. The molecule has 1 unspecified atom stereocenters. The van der Waals surface area contributed by atoms with Gasteiger partial charge < -0.3 is 0 Å². The van der Waals surface area contributed by atoms with E-state index in [2.05, 4.69) is 15.3 Å². The third-order valence-electron chi connectivity index (χ3n) is 2.89. The van der Waals surface area contributed by atoms with Crippen molar-refractivity contribution < 1.29 is 0 Å². The van der Waals surface area contributed by atoms with Gasteiger partial charge in [-0.1, -0.05) is 34.5 Å². The monoisotopic (exact) mass is 292 g/mol. The highest BCUT2D eigenvalue weighted by Crippen LogP contribution is 2.34. The Kier molecular flexibility index (Phi) is 3.36. The first-order valence-corrected chi connectivity index (χ1v) is 6.52. The van der Waals surface area contributed by atoms with Crippen LogP contribution in [0.25, 0.3) is 0 Å². The van der Waals surface area contributed by atoms with Crippen LogP contribution in [0.3, 0.4) is 0 Å². The van der Waals surface area contributed by atoms with Gasteiger partial charge in [-0.2, -0.15) is 5.11 Å². The van der Waals surface area contributed by atoms with Gasteiger partial charge in [0.1, 0.15) is 6.04 Å². The molecule has 6 heteroatoms. The Labute approximate surface area is 120 Å². The Morgan fingerprint density at radius 3 is 2.63 bits per heavy atom. The topological polar surface area (TPSA) is 40.9 Å². The van der Waals surface area contributed by atoms with Crippen molar-refractivity contribution in [1.29, 1.82) is 0 Å². The maximum absolute atomic E-state index is 6.03. The van der Waals surface area contributed by atoms with Gasteiger partial charge in [0.25, 0.3) is 0 Å². The first kappa shape index (κ1) is 12.4. The summed E-state index contributed by atoms with van der Waals surface area (Å²) in [6.07, 6.45) is 3.56. The molecule has 1 atom stereocenters. The van der Waals surface area contributed by atoms with Crippen LogP contribution in [0.5, 0.6) is 0 Å².